The second-order valence-corrected chi connectivity index (χ2v) is 8.56. The highest BCUT2D eigenvalue weighted by atomic mass is 35.5. The molecule has 0 radical (unpaired) electrons. The topological polar surface area (TPSA) is 40.4 Å². The first kappa shape index (κ1) is 17.7. The van der Waals surface area contributed by atoms with Crippen molar-refractivity contribution >= 4 is 17.3 Å². The summed E-state index contributed by atoms with van der Waals surface area (Å²) < 4.78 is 5.68. The summed E-state index contributed by atoms with van der Waals surface area (Å²) in [7, 11) is 0. The van der Waals surface area contributed by atoms with E-state index in [-0.39, 0.29) is 11.7 Å². The Labute approximate surface area is 166 Å². The van der Waals surface area contributed by atoms with E-state index in [9.17, 15) is 0 Å². The van der Waals surface area contributed by atoms with Crippen LogP contribution >= 0.6 is 11.6 Å². The minimum Gasteiger partial charge on any atom is -0.379 e. The third-order valence-electron chi connectivity index (χ3n) is 6.79. The van der Waals surface area contributed by atoms with Gasteiger partial charge in [0.05, 0.1) is 18.9 Å². The second-order valence-electron chi connectivity index (χ2n) is 8.15. The number of allylic oxidation sites excluding steroid dienone is 1. The van der Waals surface area contributed by atoms with Gasteiger partial charge >= 0.3 is 0 Å². The van der Waals surface area contributed by atoms with E-state index >= 15 is 0 Å². The van der Waals surface area contributed by atoms with Gasteiger partial charge < -0.3 is 4.74 Å². The fraction of sp³-hybridized carbons (Fsp3) is 0.619. The highest BCUT2D eigenvalue weighted by molar-refractivity contribution is 6.31. The Morgan fingerprint density at radius 2 is 2.07 bits per heavy atom. The molecule has 2 heterocycles. The number of hydrogen-bond donors (Lipinski definition) is 0. The van der Waals surface area contributed by atoms with Crippen LogP contribution in [0.15, 0.2) is 40.2 Å². The number of morpholine rings is 1. The zero-order chi connectivity index (χ0) is 18.4. The lowest BCUT2D eigenvalue weighted by molar-refractivity contribution is -0.0340. The summed E-state index contributed by atoms with van der Waals surface area (Å²) in [4.78, 5) is 2.60. The Morgan fingerprint density at radius 1 is 1.22 bits per heavy atom. The van der Waals surface area contributed by atoms with Gasteiger partial charge in [-0.05, 0) is 56.7 Å². The summed E-state index contributed by atoms with van der Waals surface area (Å²) in [5, 5.41) is 12.5. The second kappa shape index (κ2) is 6.87. The average molecular weight is 387 g/mol. The van der Waals surface area contributed by atoms with Crippen LogP contribution in [0.1, 0.15) is 37.7 Å². The van der Waals surface area contributed by atoms with Crippen molar-refractivity contribution in [2.24, 2.45) is 16.3 Å². The first-order valence-electron chi connectivity index (χ1n) is 10.2. The lowest BCUT2D eigenvalue weighted by atomic mass is 9.84. The number of hydrogen-bond acceptors (Lipinski definition) is 5. The van der Waals surface area contributed by atoms with Crippen molar-refractivity contribution in [2.75, 3.05) is 31.3 Å². The minimum atomic E-state index is -0.210. The molecule has 3 atom stereocenters. The van der Waals surface area contributed by atoms with Crippen molar-refractivity contribution in [1.29, 1.82) is 0 Å². The molecule has 1 aromatic rings. The SMILES string of the molecule is Cc1ccc(N2N=NC3CCC(C4=CCCC4)C32N2CCOCC2)cc1Cl. The number of fused-ring (bicyclic) bond motifs is 1. The highest BCUT2D eigenvalue weighted by Gasteiger charge is 2.62. The zero-order valence-electron chi connectivity index (χ0n) is 15.9. The lowest BCUT2D eigenvalue weighted by Gasteiger charge is -2.50. The van der Waals surface area contributed by atoms with Crippen LogP contribution in [0.4, 0.5) is 5.69 Å². The number of ether oxygens (including phenoxy) is 1. The first-order chi connectivity index (χ1) is 13.2. The Morgan fingerprint density at radius 3 is 2.81 bits per heavy atom. The molecule has 5 rings (SSSR count). The predicted molar refractivity (Wildman–Crippen MR) is 107 cm³/mol. The lowest BCUT2D eigenvalue weighted by Crippen LogP contribution is -2.66. The average Bonchev–Trinajstić information content (AvgIpc) is 3.40. The van der Waals surface area contributed by atoms with Gasteiger partial charge in [0.25, 0.3) is 0 Å². The molecule has 1 saturated carbocycles. The Balaban J connectivity index is 1.62. The third kappa shape index (κ3) is 2.66. The van der Waals surface area contributed by atoms with Crippen molar-refractivity contribution in [3.63, 3.8) is 0 Å². The van der Waals surface area contributed by atoms with Crippen molar-refractivity contribution < 1.29 is 4.74 Å². The monoisotopic (exact) mass is 386 g/mol. The Bertz CT molecular complexity index is 788. The van der Waals surface area contributed by atoms with Crippen molar-refractivity contribution in [1.82, 2.24) is 4.90 Å². The standard InChI is InChI=1S/C21H27ClN4O/c1-15-6-7-17(14-19(15)22)26-21(25-10-12-27-13-11-25)18(16-4-2-3-5-16)8-9-20(21)23-24-26/h4,6-7,14,18,20H,2-3,5,8-13H2,1H3. The van der Waals surface area contributed by atoms with E-state index in [0.717, 1.165) is 49.0 Å². The summed E-state index contributed by atoms with van der Waals surface area (Å²) in [5.41, 5.74) is 3.54. The zero-order valence-corrected chi connectivity index (χ0v) is 16.7. The molecule has 0 N–H and O–H groups in total. The molecule has 4 aliphatic rings. The number of aryl methyl sites for hydroxylation is 1. The van der Waals surface area contributed by atoms with Crippen LogP contribution in [0.3, 0.4) is 0 Å². The van der Waals surface area contributed by atoms with Gasteiger partial charge in [-0.3, -0.25) is 4.90 Å². The van der Waals surface area contributed by atoms with Gasteiger partial charge in [-0.1, -0.05) is 34.5 Å². The summed E-state index contributed by atoms with van der Waals surface area (Å²) in [6.45, 7) is 5.47. The molecule has 27 heavy (non-hydrogen) atoms. The number of rotatable bonds is 3. The smallest absolute Gasteiger partial charge is 0.148 e. The summed E-state index contributed by atoms with van der Waals surface area (Å²) in [6.07, 6.45) is 8.46. The molecule has 1 saturated heterocycles. The van der Waals surface area contributed by atoms with Crippen LogP contribution in [0, 0.1) is 12.8 Å². The van der Waals surface area contributed by atoms with Gasteiger partial charge in [-0.2, -0.15) is 5.11 Å². The molecular weight excluding hydrogens is 360 g/mol. The molecule has 5 nitrogen and oxygen atoms in total. The molecule has 0 bridgehead atoms. The van der Waals surface area contributed by atoms with Crippen LogP contribution in [0.25, 0.3) is 0 Å². The van der Waals surface area contributed by atoms with Crippen molar-refractivity contribution in [3.05, 3.63) is 40.4 Å². The largest absolute Gasteiger partial charge is 0.379 e. The molecule has 0 spiro atoms. The highest BCUT2D eigenvalue weighted by Crippen LogP contribution is 2.54. The van der Waals surface area contributed by atoms with E-state index in [1.807, 2.05) is 6.92 Å². The van der Waals surface area contributed by atoms with Crippen LogP contribution < -0.4 is 5.01 Å². The van der Waals surface area contributed by atoms with E-state index in [4.69, 9.17) is 26.7 Å². The van der Waals surface area contributed by atoms with Gasteiger partial charge in [0.1, 0.15) is 11.7 Å². The van der Waals surface area contributed by atoms with Gasteiger partial charge in [-0.25, -0.2) is 5.01 Å². The Kier molecular flexibility index (Phi) is 4.49. The normalized spacial score (nSPS) is 33.6. The number of anilines is 1. The molecule has 144 valence electrons. The van der Waals surface area contributed by atoms with Crippen molar-refractivity contribution in [3.8, 4) is 0 Å². The van der Waals surface area contributed by atoms with E-state index in [2.05, 4.69) is 34.2 Å². The third-order valence-corrected chi connectivity index (χ3v) is 7.20. The van der Waals surface area contributed by atoms with E-state index in [0.29, 0.717) is 5.92 Å². The maximum absolute atomic E-state index is 6.49. The molecule has 2 fully saturated rings. The Hall–Kier alpha value is -1.43. The maximum atomic E-state index is 6.49. The number of nitrogens with zero attached hydrogens (tertiary/aromatic N) is 4. The number of halogens is 1. The van der Waals surface area contributed by atoms with E-state index in [1.165, 1.54) is 25.7 Å². The predicted octanol–water partition coefficient (Wildman–Crippen LogP) is 4.75. The molecule has 0 amide bonds. The van der Waals surface area contributed by atoms with Gasteiger partial charge in [0, 0.05) is 24.0 Å². The minimum absolute atomic E-state index is 0.210. The summed E-state index contributed by atoms with van der Waals surface area (Å²) in [5.74, 6) is 0.471. The quantitative estimate of drug-likeness (QED) is 0.703. The van der Waals surface area contributed by atoms with Gasteiger partial charge in [-0.15, -0.1) is 0 Å². The van der Waals surface area contributed by atoms with Crippen LogP contribution in [-0.2, 0) is 4.74 Å². The first-order valence-corrected chi connectivity index (χ1v) is 10.6. The van der Waals surface area contributed by atoms with Crippen molar-refractivity contribution in [2.45, 2.75) is 50.7 Å². The van der Waals surface area contributed by atoms with E-state index in [1.54, 1.807) is 5.57 Å². The summed E-state index contributed by atoms with van der Waals surface area (Å²) >= 11 is 6.49. The molecular formula is C21H27ClN4O. The van der Waals surface area contributed by atoms with Crippen LogP contribution in [0.2, 0.25) is 5.02 Å². The number of benzene rings is 1. The fourth-order valence-electron chi connectivity index (χ4n) is 5.53. The van der Waals surface area contributed by atoms with Crippen LogP contribution in [0.5, 0.6) is 0 Å². The molecule has 2 aliphatic carbocycles. The fourth-order valence-corrected chi connectivity index (χ4v) is 5.70. The van der Waals surface area contributed by atoms with Gasteiger partial charge in [0.15, 0.2) is 0 Å². The molecule has 0 aromatic heterocycles. The van der Waals surface area contributed by atoms with E-state index < -0.39 is 0 Å². The molecule has 6 heteroatoms. The molecule has 2 aliphatic heterocycles. The summed E-state index contributed by atoms with van der Waals surface area (Å²) in [6, 6.07) is 6.50. The van der Waals surface area contributed by atoms with Gasteiger partial charge in [0.2, 0.25) is 0 Å². The van der Waals surface area contributed by atoms with Crippen LogP contribution in [-0.4, -0.2) is 42.9 Å². The maximum Gasteiger partial charge on any atom is 0.148 e. The molecule has 1 aromatic carbocycles. The molecule has 3 unspecified atom stereocenters.